The first-order chi connectivity index (χ1) is 16.5. The molecule has 2 aromatic carbocycles. The Kier molecular flexibility index (Phi) is 9.30. The van der Waals surface area contributed by atoms with Crippen LogP contribution >= 0.6 is 0 Å². The van der Waals surface area contributed by atoms with Crippen molar-refractivity contribution in [3.05, 3.63) is 53.6 Å². The van der Waals surface area contributed by atoms with Crippen molar-refractivity contribution in [3.63, 3.8) is 0 Å². The number of nitrogens with zero attached hydrogens (tertiary/aromatic N) is 2. The average molecular weight is 464 g/mol. The summed E-state index contributed by atoms with van der Waals surface area (Å²) in [5.74, 6) is 0.507. The zero-order valence-corrected chi connectivity index (χ0v) is 19.9. The molecule has 0 unspecified atom stereocenters. The van der Waals surface area contributed by atoms with Gasteiger partial charge in [-0.1, -0.05) is 13.0 Å². The highest BCUT2D eigenvalue weighted by atomic mass is 16.5. The van der Waals surface area contributed by atoms with Gasteiger partial charge in [0.25, 0.3) is 5.91 Å². The molecule has 0 radical (unpaired) electrons. The predicted octanol–water partition coefficient (Wildman–Crippen LogP) is 4.59. The Balaban J connectivity index is 1.73. The van der Waals surface area contributed by atoms with Crippen molar-refractivity contribution >= 4 is 29.0 Å². The van der Waals surface area contributed by atoms with Crippen LogP contribution in [0.5, 0.6) is 0 Å². The first-order valence-corrected chi connectivity index (χ1v) is 11.8. The number of urea groups is 1. The van der Waals surface area contributed by atoms with Crippen LogP contribution in [-0.4, -0.2) is 44.8 Å². The Morgan fingerprint density at radius 2 is 1.85 bits per heavy atom. The number of anilines is 3. The van der Waals surface area contributed by atoms with E-state index in [1.54, 1.807) is 30.3 Å². The SMILES string of the molecule is CCOCCCNC(=O)c1cc(NC(=O)Nc2cccc(C#N)c2)ccc1N1CCC(C)CC1. The molecule has 1 fully saturated rings. The summed E-state index contributed by atoms with van der Waals surface area (Å²) >= 11 is 0. The minimum Gasteiger partial charge on any atom is -0.382 e. The third-order valence-corrected chi connectivity index (χ3v) is 5.83. The maximum atomic E-state index is 13.1. The van der Waals surface area contributed by atoms with Crippen molar-refractivity contribution in [1.29, 1.82) is 5.26 Å². The minimum atomic E-state index is -0.447. The molecule has 0 aliphatic carbocycles. The van der Waals surface area contributed by atoms with E-state index in [0.29, 0.717) is 48.2 Å². The number of rotatable bonds is 9. The lowest BCUT2D eigenvalue weighted by Gasteiger charge is -2.33. The molecular formula is C26H33N5O3. The summed E-state index contributed by atoms with van der Waals surface area (Å²) in [6, 6.07) is 13.7. The Morgan fingerprint density at radius 3 is 2.56 bits per heavy atom. The topological polar surface area (TPSA) is 106 Å². The number of ether oxygens (including phenoxy) is 1. The van der Waals surface area contributed by atoms with E-state index in [1.165, 1.54) is 0 Å². The van der Waals surface area contributed by atoms with Crippen LogP contribution in [0.15, 0.2) is 42.5 Å². The standard InChI is InChI=1S/C26H33N5O3/c1-3-34-15-5-12-28-25(32)23-17-22(8-9-24(23)31-13-10-19(2)11-14-31)30-26(33)29-21-7-4-6-20(16-21)18-27/h4,6-9,16-17,19H,3,5,10-15H2,1-2H3,(H,28,32)(H2,29,30,33). The van der Waals surface area contributed by atoms with Gasteiger partial charge in [0, 0.05) is 49.9 Å². The van der Waals surface area contributed by atoms with Gasteiger partial charge in [-0.25, -0.2) is 4.79 Å². The molecule has 2 aromatic rings. The zero-order valence-electron chi connectivity index (χ0n) is 19.9. The lowest BCUT2D eigenvalue weighted by Crippen LogP contribution is -2.35. The van der Waals surface area contributed by atoms with Crippen LogP contribution in [0.3, 0.4) is 0 Å². The molecule has 0 bridgehead atoms. The van der Waals surface area contributed by atoms with E-state index in [9.17, 15) is 9.59 Å². The quantitative estimate of drug-likeness (QED) is 0.472. The van der Waals surface area contributed by atoms with Gasteiger partial charge in [-0.2, -0.15) is 5.26 Å². The molecule has 1 heterocycles. The summed E-state index contributed by atoms with van der Waals surface area (Å²) in [6.07, 6.45) is 2.90. The molecule has 1 aliphatic heterocycles. The van der Waals surface area contributed by atoms with E-state index in [0.717, 1.165) is 38.0 Å². The van der Waals surface area contributed by atoms with Gasteiger partial charge in [0.15, 0.2) is 0 Å². The fourth-order valence-corrected chi connectivity index (χ4v) is 3.90. The minimum absolute atomic E-state index is 0.170. The maximum Gasteiger partial charge on any atom is 0.323 e. The van der Waals surface area contributed by atoms with Crippen LogP contribution in [0.2, 0.25) is 0 Å². The summed E-state index contributed by atoms with van der Waals surface area (Å²) in [6.45, 7) is 7.76. The number of amides is 3. The normalized spacial score (nSPS) is 13.7. The molecule has 8 nitrogen and oxygen atoms in total. The number of hydrogen-bond donors (Lipinski definition) is 3. The highest BCUT2D eigenvalue weighted by Gasteiger charge is 2.22. The summed E-state index contributed by atoms with van der Waals surface area (Å²) < 4.78 is 5.34. The smallest absolute Gasteiger partial charge is 0.323 e. The fourth-order valence-electron chi connectivity index (χ4n) is 3.90. The molecule has 34 heavy (non-hydrogen) atoms. The lowest BCUT2D eigenvalue weighted by atomic mass is 9.98. The average Bonchev–Trinajstić information content (AvgIpc) is 2.84. The molecule has 3 rings (SSSR count). The van der Waals surface area contributed by atoms with Crippen molar-refractivity contribution in [2.24, 2.45) is 5.92 Å². The van der Waals surface area contributed by atoms with Gasteiger partial charge in [0.05, 0.1) is 17.2 Å². The number of nitrogens with one attached hydrogen (secondary N) is 3. The van der Waals surface area contributed by atoms with Crippen molar-refractivity contribution in [2.45, 2.75) is 33.1 Å². The molecular weight excluding hydrogens is 430 g/mol. The van der Waals surface area contributed by atoms with Crippen LogP contribution in [0.25, 0.3) is 0 Å². The number of carbonyl (C=O) groups is 2. The molecule has 8 heteroatoms. The Morgan fingerprint density at radius 1 is 1.12 bits per heavy atom. The van der Waals surface area contributed by atoms with Crippen LogP contribution in [0.4, 0.5) is 21.9 Å². The van der Waals surface area contributed by atoms with E-state index in [4.69, 9.17) is 10.00 Å². The number of piperidine rings is 1. The van der Waals surface area contributed by atoms with Crippen molar-refractivity contribution < 1.29 is 14.3 Å². The highest BCUT2D eigenvalue weighted by Crippen LogP contribution is 2.29. The predicted molar refractivity (Wildman–Crippen MR) is 134 cm³/mol. The maximum absolute atomic E-state index is 13.1. The summed E-state index contributed by atoms with van der Waals surface area (Å²) in [7, 11) is 0. The van der Waals surface area contributed by atoms with Crippen molar-refractivity contribution in [2.75, 3.05) is 48.4 Å². The second kappa shape index (κ2) is 12.6. The molecule has 180 valence electrons. The largest absolute Gasteiger partial charge is 0.382 e. The Bertz CT molecular complexity index is 1030. The van der Waals surface area contributed by atoms with Gasteiger partial charge in [0.1, 0.15) is 0 Å². The third kappa shape index (κ3) is 7.22. The van der Waals surface area contributed by atoms with Crippen LogP contribution in [0, 0.1) is 17.2 Å². The van der Waals surface area contributed by atoms with Gasteiger partial charge in [-0.15, -0.1) is 0 Å². The molecule has 1 aliphatic rings. The first kappa shape index (κ1) is 25.1. The number of nitriles is 1. The first-order valence-electron chi connectivity index (χ1n) is 11.8. The second-order valence-corrected chi connectivity index (χ2v) is 8.48. The highest BCUT2D eigenvalue weighted by molar-refractivity contribution is 6.04. The number of hydrogen-bond acceptors (Lipinski definition) is 5. The Hall–Kier alpha value is -3.57. The van der Waals surface area contributed by atoms with Crippen molar-refractivity contribution in [1.82, 2.24) is 5.32 Å². The van der Waals surface area contributed by atoms with E-state index in [1.807, 2.05) is 25.1 Å². The van der Waals surface area contributed by atoms with Crippen LogP contribution in [0.1, 0.15) is 49.0 Å². The molecule has 0 saturated carbocycles. The van der Waals surface area contributed by atoms with E-state index < -0.39 is 6.03 Å². The summed E-state index contributed by atoms with van der Waals surface area (Å²) in [4.78, 5) is 27.8. The molecule has 0 atom stereocenters. The van der Waals surface area contributed by atoms with Crippen molar-refractivity contribution in [3.8, 4) is 6.07 Å². The summed E-state index contributed by atoms with van der Waals surface area (Å²) in [5, 5.41) is 17.5. The number of benzene rings is 2. The monoisotopic (exact) mass is 463 g/mol. The van der Waals surface area contributed by atoms with Crippen LogP contribution < -0.4 is 20.9 Å². The second-order valence-electron chi connectivity index (χ2n) is 8.48. The van der Waals surface area contributed by atoms with Gasteiger partial charge in [-0.3, -0.25) is 4.79 Å². The number of carbonyl (C=O) groups excluding carboxylic acids is 2. The molecule has 0 spiro atoms. The molecule has 0 aromatic heterocycles. The zero-order chi connectivity index (χ0) is 24.3. The van der Waals surface area contributed by atoms with E-state index in [-0.39, 0.29) is 5.91 Å². The van der Waals surface area contributed by atoms with Gasteiger partial charge in [0.2, 0.25) is 0 Å². The van der Waals surface area contributed by atoms with Gasteiger partial charge >= 0.3 is 6.03 Å². The molecule has 1 saturated heterocycles. The fraction of sp³-hybridized carbons (Fsp3) is 0.423. The molecule has 3 amide bonds. The third-order valence-electron chi connectivity index (χ3n) is 5.83. The van der Waals surface area contributed by atoms with E-state index >= 15 is 0 Å². The van der Waals surface area contributed by atoms with Gasteiger partial charge < -0.3 is 25.6 Å². The molecule has 3 N–H and O–H groups in total. The van der Waals surface area contributed by atoms with Gasteiger partial charge in [-0.05, 0) is 68.5 Å². The Labute approximate surface area is 201 Å². The van der Waals surface area contributed by atoms with Crippen LogP contribution in [-0.2, 0) is 4.74 Å². The van der Waals surface area contributed by atoms with E-state index in [2.05, 4.69) is 27.8 Å². The summed E-state index contributed by atoms with van der Waals surface area (Å²) in [5.41, 5.74) is 2.91. The lowest BCUT2D eigenvalue weighted by molar-refractivity contribution is 0.0944.